The lowest BCUT2D eigenvalue weighted by Gasteiger charge is -2.05. The third kappa shape index (κ3) is 3.97. The third-order valence-corrected chi connectivity index (χ3v) is 2.13. The minimum absolute atomic E-state index is 0.117. The van der Waals surface area contributed by atoms with Crippen molar-refractivity contribution in [2.45, 2.75) is 38.8 Å². The molecule has 1 atom stereocenters. The molecule has 0 amide bonds. The van der Waals surface area contributed by atoms with Crippen LogP contribution in [0.4, 0.5) is 0 Å². The second kappa shape index (κ2) is 5.82. The zero-order valence-electron chi connectivity index (χ0n) is 9.73. The highest BCUT2D eigenvalue weighted by molar-refractivity contribution is 4.91. The van der Waals surface area contributed by atoms with Crippen molar-refractivity contribution in [2.24, 2.45) is 5.73 Å². The van der Waals surface area contributed by atoms with Crippen LogP contribution in [0, 0.1) is 0 Å². The Hall–Kier alpha value is -0.940. The van der Waals surface area contributed by atoms with Gasteiger partial charge in [-0.25, -0.2) is 0 Å². The van der Waals surface area contributed by atoms with E-state index >= 15 is 0 Å². The minimum atomic E-state index is -0.117. The third-order valence-electron chi connectivity index (χ3n) is 2.13. The Morgan fingerprint density at radius 3 is 2.80 bits per heavy atom. The van der Waals surface area contributed by atoms with Gasteiger partial charge in [-0.3, -0.25) is 0 Å². The smallest absolute Gasteiger partial charge is 0.243 e. The summed E-state index contributed by atoms with van der Waals surface area (Å²) in [7, 11) is 3.93. The Morgan fingerprint density at radius 2 is 2.20 bits per heavy atom. The largest absolute Gasteiger partial charge is 0.338 e. The summed E-state index contributed by atoms with van der Waals surface area (Å²) >= 11 is 0. The maximum Gasteiger partial charge on any atom is 0.243 e. The van der Waals surface area contributed by atoms with Crippen LogP contribution in [-0.4, -0.2) is 29.1 Å². The molecule has 0 aliphatic rings. The maximum atomic E-state index is 5.92. The van der Waals surface area contributed by atoms with E-state index in [1.54, 1.807) is 0 Å². The standard InChI is InChI=1S/C10H20N4O/c1-4-5-6-8(11)10-12-9(13-15-10)7-14(2)3/h8H,4-7,11H2,1-3H3/t8-/m0/s1. The lowest BCUT2D eigenvalue weighted by Crippen LogP contribution is -2.13. The molecule has 0 radical (unpaired) electrons. The van der Waals surface area contributed by atoms with Crippen LogP contribution in [0.25, 0.3) is 0 Å². The fourth-order valence-corrected chi connectivity index (χ4v) is 1.31. The van der Waals surface area contributed by atoms with E-state index < -0.39 is 0 Å². The van der Waals surface area contributed by atoms with Gasteiger partial charge < -0.3 is 15.2 Å². The highest BCUT2D eigenvalue weighted by Crippen LogP contribution is 2.14. The molecule has 1 aromatic rings. The number of nitrogens with zero attached hydrogens (tertiary/aromatic N) is 3. The van der Waals surface area contributed by atoms with Gasteiger partial charge in [-0.05, 0) is 20.5 Å². The first-order chi connectivity index (χ1) is 7.13. The summed E-state index contributed by atoms with van der Waals surface area (Å²) in [4.78, 5) is 6.25. The Labute approximate surface area is 90.6 Å². The van der Waals surface area contributed by atoms with E-state index in [2.05, 4.69) is 17.1 Å². The molecule has 1 rings (SSSR count). The van der Waals surface area contributed by atoms with E-state index in [0.29, 0.717) is 18.3 Å². The van der Waals surface area contributed by atoms with Gasteiger partial charge in [0.2, 0.25) is 5.89 Å². The molecule has 0 aliphatic carbocycles. The van der Waals surface area contributed by atoms with Crippen LogP contribution in [-0.2, 0) is 6.54 Å². The molecular formula is C10H20N4O. The topological polar surface area (TPSA) is 68.2 Å². The number of rotatable bonds is 6. The first-order valence-electron chi connectivity index (χ1n) is 5.36. The van der Waals surface area contributed by atoms with Gasteiger partial charge in [0.15, 0.2) is 5.82 Å². The van der Waals surface area contributed by atoms with Gasteiger partial charge in [0.1, 0.15) is 0 Å². The van der Waals surface area contributed by atoms with Crippen molar-refractivity contribution in [1.82, 2.24) is 15.0 Å². The summed E-state index contributed by atoms with van der Waals surface area (Å²) in [6.45, 7) is 2.82. The Balaban J connectivity index is 2.51. The van der Waals surface area contributed by atoms with Crippen LogP contribution in [0.1, 0.15) is 43.9 Å². The van der Waals surface area contributed by atoms with Crippen molar-refractivity contribution >= 4 is 0 Å². The van der Waals surface area contributed by atoms with Gasteiger partial charge in [-0.15, -0.1) is 0 Å². The average Bonchev–Trinajstić information content (AvgIpc) is 2.61. The van der Waals surface area contributed by atoms with Gasteiger partial charge >= 0.3 is 0 Å². The van der Waals surface area contributed by atoms with Crippen LogP contribution >= 0.6 is 0 Å². The molecule has 0 bridgehead atoms. The summed E-state index contributed by atoms with van der Waals surface area (Å²) in [6.07, 6.45) is 3.12. The predicted molar refractivity (Wildman–Crippen MR) is 58.1 cm³/mol. The first-order valence-corrected chi connectivity index (χ1v) is 5.36. The van der Waals surface area contributed by atoms with Gasteiger partial charge in [-0.2, -0.15) is 4.98 Å². The van der Waals surface area contributed by atoms with E-state index in [0.717, 1.165) is 19.3 Å². The molecule has 0 saturated heterocycles. The highest BCUT2D eigenvalue weighted by Gasteiger charge is 2.14. The molecule has 0 saturated carbocycles. The Morgan fingerprint density at radius 1 is 1.47 bits per heavy atom. The van der Waals surface area contributed by atoms with Crippen LogP contribution < -0.4 is 5.73 Å². The van der Waals surface area contributed by atoms with Crippen molar-refractivity contribution in [3.05, 3.63) is 11.7 Å². The van der Waals surface area contributed by atoms with E-state index in [4.69, 9.17) is 10.3 Å². The summed E-state index contributed by atoms with van der Waals surface area (Å²) in [5.74, 6) is 1.25. The molecule has 5 heteroatoms. The van der Waals surface area contributed by atoms with Gasteiger partial charge in [-0.1, -0.05) is 24.9 Å². The normalized spacial score (nSPS) is 13.4. The van der Waals surface area contributed by atoms with Crippen molar-refractivity contribution < 1.29 is 4.52 Å². The van der Waals surface area contributed by atoms with Crippen LogP contribution in [0.15, 0.2) is 4.52 Å². The maximum absolute atomic E-state index is 5.92. The molecule has 0 unspecified atom stereocenters. The number of hydrogen-bond acceptors (Lipinski definition) is 5. The van der Waals surface area contributed by atoms with Gasteiger partial charge in [0.25, 0.3) is 0 Å². The molecule has 1 aromatic heterocycles. The first kappa shape index (κ1) is 12.1. The summed E-state index contributed by atoms with van der Waals surface area (Å²) in [6, 6.07) is -0.117. The van der Waals surface area contributed by atoms with E-state index in [1.165, 1.54) is 0 Å². The van der Waals surface area contributed by atoms with Gasteiger partial charge in [0.05, 0.1) is 12.6 Å². The molecule has 0 fully saturated rings. The van der Waals surface area contributed by atoms with Crippen LogP contribution in [0.5, 0.6) is 0 Å². The average molecular weight is 212 g/mol. The SMILES string of the molecule is CCCC[C@H](N)c1nc(CN(C)C)no1. The minimum Gasteiger partial charge on any atom is -0.338 e. The number of hydrogen-bond donors (Lipinski definition) is 1. The fraction of sp³-hybridized carbons (Fsp3) is 0.800. The van der Waals surface area contributed by atoms with Gasteiger partial charge in [0, 0.05) is 0 Å². The molecule has 2 N–H and O–H groups in total. The van der Waals surface area contributed by atoms with E-state index in [9.17, 15) is 0 Å². The second-order valence-corrected chi connectivity index (χ2v) is 4.04. The predicted octanol–water partition coefficient (Wildman–Crippen LogP) is 1.32. The molecule has 0 aliphatic heterocycles. The molecule has 0 aromatic carbocycles. The van der Waals surface area contributed by atoms with E-state index in [1.807, 2.05) is 19.0 Å². The zero-order chi connectivity index (χ0) is 11.3. The second-order valence-electron chi connectivity index (χ2n) is 4.04. The molecule has 1 heterocycles. The lowest BCUT2D eigenvalue weighted by molar-refractivity contribution is 0.331. The molecular weight excluding hydrogens is 192 g/mol. The quantitative estimate of drug-likeness (QED) is 0.770. The van der Waals surface area contributed by atoms with Crippen molar-refractivity contribution in [2.75, 3.05) is 14.1 Å². The Bertz CT molecular complexity index is 285. The van der Waals surface area contributed by atoms with E-state index in [-0.39, 0.29) is 6.04 Å². The summed E-state index contributed by atoms with van der Waals surface area (Å²) in [5, 5.41) is 3.88. The zero-order valence-corrected chi connectivity index (χ0v) is 9.73. The molecule has 15 heavy (non-hydrogen) atoms. The molecule has 86 valence electrons. The van der Waals surface area contributed by atoms with Crippen LogP contribution in [0.3, 0.4) is 0 Å². The van der Waals surface area contributed by atoms with Crippen molar-refractivity contribution in [1.29, 1.82) is 0 Å². The molecule has 0 spiro atoms. The number of unbranched alkanes of at least 4 members (excludes halogenated alkanes) is 1. The number of aromatic nitrogens is 2. The highest BCUT2D eigenvalue weighted by atomic mass is 16.5. The van der Waals surface area contributed by atoms with Crippen LogP contribution in [0.2, 0.25) is 0 Å². The van der Waals surface area contributed by atoms with Crippen molar-refractivity contribution in [3.63, 3.8) is 0 Å². The monoisotopic (exact) mass is 212 g/mol. The van der Waals surface area contributed by atoms with Crippen molar-refractivity contribution in [3.8, 4) is 0 Å². The lowest BCUT2D eigenvalue weighted by atomic mass is 10.1. The summed E-state index contributed by atoms with van der Waals surface area (Å²) in [5.41, 5.74) is 5.92. The Kier molecular flexibility index (Phi) is 4.71. The fourth-order valence-electron chi connectivity index (χ4n) is 1.31. The number of nitrogens with two attached hydrogens (primary N) is 1. The molecule has 5 nitrogen and oxygen atoms in total. The summed E-state index contributed by atoms with van der Waals surface area (Å²) < 4.78 is 5.11.